The predicted molar refractivity (Wildman–Crippen MR) is 366 cm³/mol. The van der Waals surface area contributed by atoms with Crippen LogP contribution in [0.4, 0.5) is 0 Å². The minimum absolute atomic E-state index is 0.0265. The van der Waals surface area contributed by atoms with Crippen molar-refractivity contribution in [1.82, 2.24) is 5.32 Å². The summed E-state index contributed by atoms with van der Waals surface area (Å²) >= 11 is 0. The van der Waals surface area contributed by atoms with Crippen molar-refractivity contribution in [2.24, 2.45) is 0 Å². The van der Waals surface area contributed by atoms with Gasteiger partial charge in [-0.1, -0.05) is 411 Å². The Bertz CT molecular complexity index is 1260. The van der Waals surface area contributed by atoms with Crippen molar-refractivity contribution >= 4 is 11.9 Å². The number of unbranched alkanes of at least 4 members (excludes halogenated alkanes) is 62. The molecule has 0 rings (SSSR count). The number of carbonyl (C=O) groups is 2. The molecule has 0 aliphatic rings. The number of aliphatic hydroxyl groups excluding tert-OH is 2. The quantitative estimate of drug-likeness (QED) is 0.0320. The predicted octanol–water partition coefficient (Wildman–Crippen LogP) is 25.1. The maximum atomic E-state index is 12.5. The minimum Gasteiger partial charge on any atom is -0.466 e. The van der Waals surface area contributed by atoms with Crippen molar-refractivity contribution in [3.63, 3.8) is 0 Å². The van der Waals surface area contributed by atoms with Gasteiger partial charge >= 0.3 is 5.97 Å². The van der Waals surface area contributed by atoms with Crippen LogP contribution in [0, 0.1) is 0 Å². The van der Waals surface area contributed by atoms with Gasteiger partial charge in [0.1, 0.15) is 0 Å². The molecule has 83 heavy (non-hydrogen) atoms. The molecule has 6 heteroatoms. The van der Waals surface area contributed by atoms with Crippen molar-refractivity contribution in [2.45, 2.75) is 456 Å². The Morgan fingerprint density at radius 2 is 0.554 bits per heavy atom. The number of rotatable bonds is 73. The van der Waals surface area contributed by atoms with Crippen LogP contribution in [-0.2, 0) is 14.3 Å². The van der Waals surface area contributed by atoms with E-state index in [1.807, 2.05) is 6.08 Å². The molecule has 1 amide bonds. The molecule has 0 aromatic rings. The van der Waals surface area contributed by atoms with Gasteiger partial charge in [0, 0.05) is 12.8 Å². The van der Waals surface area contributed by atoms with E-state index < -0.39 is 12.1 Å². The third kappa shape index (κ3) is 69.6. The average Bonchev–Trinajstić information content (AvgIpc) is 3.49. The summed E-state index contributed by atoms with van der Waals surface area (Å²) in [6.45, 7) is 4.96. The summed E-state index contributed by atoms with van der Waals surface area (Å²) in [5, 5.41) is 23.2. The van der Waals surface area contributed by atoms with Crippen molar-refractivity contribution < 1.29 is 24.5 Å². The van der Waals surface area contributed by atoms with Gasteiger partial charge in [0.25, 0.3) is 0 Å². The molecule has 0 aliphatic heterocycles. The highest BCUT2D eigenvalue weighted by Crippen LogP contribution is 2.20. The van der Waals surface area contributed by atoms with E-state index in [9.17, 15) is 19.8 Å². The van der Waals surface area contributed by atoms with Gasteiger partial charge in [0.05, 0.1) is 25.4 Å². The normalized spacial score (nSPS) is 12.5. The Balaban J connectivity index is 3.31. The molecule has 0 heterocycles. The van der Waals surface area contributed by atoms with Crippen molar-refractivity contribution in [1.29, 1.82) is 0 Å². The number of allylic oxidation sites excluding steroid dienone is 1. The van der Waals surface area contributed by atoms with E-state index in [2.05, 4.69) is 19.2 Å². The molecule has 0 aromatic heterocycles. The molecule has 2 atom stereocenters. The zero-order valence-electron chi connectivity index (χ0n) is 56.7. The lowest BCUT2D eigenvalue weighted by atomic mass is 10.0. The second kappa shape index (κ2) is 73.1. The number of esters is 1. The third-order valence-electron chi connectivity index (χ3n) is 18.3. The molecular weight excluding hydrogens is 1020 g/mol. The summed E-state index contributed by atoms with van der Waals surface area (Å²) in [7, 11) is 0. The summed E-state index contributed by atoms with van der Waals surface area (Å²) in [4.78, 5) is 24.6. The lowest BCUT2D eigenvalue weighted by Crippen LogP contribution is -2.45. The fourth-order valence-electron chi connectivity index (χ4n) is 12.5. The van der Waals surface area contributed by atoms with Crippen LogP contribution in [0.3, 0.4) is 0 Å². The van der Waals surface area contributed by atoms with Gasteiger partial charge in [-0.3, -0.25) is 9.59 Å². The minimum atomic E-state index is -0.841. The molecular formula is C77H151NO5. The van der Waals surface area contributed by atoms with E-state index in [0.717, 1.165) is 38.5 Å². The van der Waals surface area contributed by atoms with E-state index in [1.165, 1.54) is 379 Å². The fraction of sp³-hybridized carbons (Fsp3) is 0.948. The van der Waals surface area contributed by atoms with Gasteiger partial charge in [-0.2, -0.15) is 0 Å². The van der Waals surface area contributed by atoms with E-state index in [0.29, 0.717) is 19.4 Å². The molecule has 0 fully saturated rings. The van der Waals surface area contributed by atoms with Crippen molar-refractivity contribution in [3.05, 3.63) is 12.2 Å². The first-order valence-corrected chi connectivity index (χ1v) is 38.5. The van der Waals surface area contributed by atoms with Crippen molar-refractivity contribution in [3.8, 4) is 0 Å². The average molecular weight is 1170 g/mol. The first kappa shape index (κ1) is 81.6. The summed E-state index contributed by atoms with van der Waals surface area (Å²) in [5.41, 5.74) is 0. The maximum absolute atomic E-state index is 12.5. The highest BCUT2D eigenvalue weighted by Gasteiger charge is 2.18. The second-order valence-electron chi connectivity index (χ2n) is 26.7. The van der Waals surface area contributed by atoms with E-state index >= 15 is 0 Å². The third-order valence-corrected chi connectivity index (χ3v) is 18.3. The molecule has 0 aliphatic carbocycles. The lowest BCUT2D eigenvalue weighted by Gasteiger charge is -2.20. The Hall–Kier alpha value is -1.40. The smallest absolute Gasteiger partial charge is 0.305 e. The van der Waals surface area contributed by atoms with E-state index in [4.69, 9.17) is 4.74 Å². The number of hydrogen-bond acceptors (Lipinski definition) is 5. The monoisotopic (exact) mass is 1170 g/mol. The maximum Gasteiger partial charge on any atom is 0.305 e. The van der Waals surface area contributed by atoms with Crippen LogP contribution in [-0.4, -0.2) is 47.4 Å². The van der Waals surface area contributed by atoms with Gasteiger partial charge in [0.2, 0.25) is 5.91 Å². The molecule has 0 spiro atoms. The zero-order valence-corrected chi connectivity index (χ0v) is 56.7. The molecule has 0 bridgehead atoms. The van der Waals surface area contributed by atoms with Crippen LogP contribution in [0.5, 0.6) is 0 Å². The van der Waals surface area contributed by atoms with E-state index in [-0.39, 0.29) is 18.5 Å². The zero-order chi connectivity index (χ0) is 59.9. The Morgan fingerprint density at radius 1 is 0.325 bits per heavy atom. The lowest BCUT2D eigenvalue weighted by molar-refractivity contribution is -0.143. The molecule has 2 unspecified atom stereocenters. The highest BCUT2D eigenvalue weighted by atomic mass is 16.5. The van der Waals surface area contributed by atoms with Gasteiger partial charge in [-0.05, 0) is 32.1 Å². The number of aliphatic hydroxyl groups is 2. The van der Waals surface area contributed by atoms with Gasteiger partial charge in [-0.15, -0.1) is 0 Å². The molecule has 494 valence electrons. The van der Waals surface area contributed by atoms with Gasteiger partial charge < -0.3 is 20.3 Å². The Kier molecular flexibility index (Phi) is 71.8. The van der Waals surface area contributed by atoms with Crippen LogP contribution < -0.4 is 5.32 Å². The van der Waals surface area contributed by atoms with Crippen LogP contribution in [0.25, 0.3) is 0 Å². The standard InChI is InChI=1S/C77H151NO5/c1-3-5-7-9-11-13-15-17-19-21-39-43-47-51-55-59-63-67-71-77(82)83-72-68-64-60-56-52-48-44-40-37-35-33-31-29-27-25-23-22-24-26-28-30-32-34-36-38-42-46-50-54-58-62-66-70-76(81)78-74(73-79)75(80)69-65-61-57-53-49-45-41-20-18-16-14-12-10-8-6-4-2/h65,69,74-75,79-80H,3-64,66-68,70-73H2,1-2H3,(H,78,81)/b69-65+. The number of nitrogens with one attached hydrogen (secondary N) is 1. The van der Waals surface area contributed by atoms with Crippen molar-refractivity contribution in [2.75, 3.05) is 13.2 Å². The highest BCUT2D eigenvalue weighted by molar-refractivity contribution is 5.76. The summed E-state index contributed by atoms with van der Waals surface area (Å²) in [6.07, 6.45) is 91.8. The molecule has 0 saturated carbocycles. The number of amides is 1. The fourth-order valence-corrected chi connectivity index (χ4v) is 12.5. The summed E-state index contributed by atoms with van der Waals surface area (Å²) in [5.74, 6) is -0.0332. The van der Waals surface area contributed by atoms with Crippen LogP contribution in [0.15, 0.2) is 12.2 Å². The first-order chi connectivity index (χ1) is 41.0. The second-order valence-corrected chi connectivity index (χ2v) is 26.7. The Morgan fingerprint density at radius 3 is 0.819 bits per heavy atom. The molecule has 0 aromatic carbocycles. The molecule has 0 radical (unpaired) electrons. The first-order valence-electron chi connectivity index (χ1n) is 38.5. The number of hydrogen-bond donors (Lipinski definition) is 3. The van der Waals surface area contributed by atoms with Gasteiger partial charge in [0.15, 0.2) is 0 Å². The number of carbonyl (C=O) groups excluding carboxylic acids is 2. The topological polar surface area (TPSA) is 95.9 Å². The number of ether oxygens (including phenoxy) is 1. The summed E-state index contributed by atoms with van der Waals surface area (Å²) < 4.78 is 5.52. The van der Waals surface area contributed by atoms with Crippen LogP contribution in [0.2, 0.25) is 0 Å². The van der Waals surface area contributed by atoms with Crippen LogP contribution >= 0.6 is 0 Å². The molecule has 3 N–H and O–H groups in total. The Labute approximate surface area is 520 Å². The summed E-state index contributed by atoms with van der Waals surface area (Å²) in [6, 6.07) is -0.624. The molecule has 6 nitrogen and oxygen atoms in total. The largest absolute Gasteiger partial charge is 0.466 e. The molecule has 0 saturated heterocycles. The van der Waals surface area contributed by atoms with E-state index in [1.54, 1.807) is 6.08 Å². The SMILES string of the molecule is CCCCCCCCCCCCCCCC/C=C/C(O)C(CO)NC(=O)CCCCCCCCCCCCCCCCCCCCCCCCCCCCCCCCCCOC(=O)CCCCCCCCCCCCCCCCCCCC. The van der Waals surface area contributed by atoms with Crippen LogP contribution in [0.1, 0.15) is 444 Å². The van der Waals surface area contributed by atoms with Gasteiger partial charge in [-0.25, -0.2) is 0 Å².